The second kappa shape index (κ2) is 8.37. The number of hydrogen-bond donors (Lipinski definition) is 0. The van der Waals surface area contributed by atoms with Gasteiger partial charge in [-0.15, -0.1) is 0 Å². The molecule has 0 spiro atoms. The van der Waals surface area contributed by atoms with Gasteiger partial charge in [0.05, 0.1) is 27.0 Å². The fourth-order valence-corrected chi connectivity index (χ4v) is 3.11. The molecule has 1 heterocycles. The summed E-state index contributed by atoms with van der Waals surface area (Å²) in [5, 5.41) is 0.863. The van der Waals surface area contributed by atoms with E-state index in [4.69, 9.17) is 23.2 Å². The summed E-state index contributed by atoms with van der Waals surface area (Å²) in [6.07, 6.45) is 1.80. The molecular weight excluding hydrogens is 356 g/mol. The minimum absolute atomic E-state index is 0.345. The number of benzene rings is 2. The van der Waals surface area contributed by atoms with Crippen molar-refractivity contribution >= 4 is 34.5 Å². The van der Waals surface area contributed by atoms with Crippen LogP contribution in [-0.4, -0.2) is 11.9 Å². The smallest absolute Gasteiger partial charge is 0.134 e. The van der Waals surface area contributed by atoms with E-state index in [2.05, 4.69) is 6.58 Å². The molecule has 1 aliphatic heterocycles. The van der Waals surface area contributed by atoms with Crippen LogP contribution >= 0.6 is 23.2 Å². The zero-order valence-electron chi connectivity index (χ0n) is 14.5. The van der Waals surface area contributed by atoms with Crippen molar-refractivity contribution in [1.82, 2.24) is 4.90 Å². The lowest BCUT2D eigenvalue weighted by Crippen LogP contribution is -2.21. The van der Waals surface area contributed by atoms with Crippen LogP contribution in [0, 0.1) is 5.82 Å². The van der Waals surface area contributed by atoms with Gasteiger partial charge in [-0.2, -0.15) is 0 Å². The predicted octanol–water partition coefficient (Wildman–Crippen LogP) is 6.96. The van der Waals surface area contributed by atoms with Crippen molar-refractivity contribution in [2.24, 2.45) is 0 Å². The molecule has 0 N–H and O–H groups in total. The lowest BCUT2D eigenvalue weighted by molar-refractivity contribution is 0.586. The van der Waals surface area contributed by atoms with Crippen molar-refractivity contribution in [3.05, 3.63) is 93.9 Å². The molecule has 3 rings (SSSR count). The number of rotatable bonds is 2. The second-order valence-corrected chi connectivity index (χ2v) is 6.04. The molecule has 0 aromatic heterocycles. The van der Waals surface area contributed by atoms with Crippen LogP contribution in [0.4, 0.5) is 4.39 Å². The maximum absolute atomic E-state index is 14.5. The van der Waals surface area contributed by atoms with Gasteiger partial charge in [-0.25, -0.2) is 4.39 Å². The zero-order chi connectivity index (χ0) is 18.6. The fraction of sp³-hybridized carbons (Fsp3) is 0.143. The van der Waals surface area contributed by atoms with Gasteiger partial charge in [-0.05, 0) is 23.8 Å². The Hall–Kier alpha value is -2.03. The predicted molar refractivity (Wildman–Crippen MR) is 107 cm³/mol. The van der Waals surface area contributed by atoms with Gasteiger partial charge in [0, 0.05) is 12.6 Å². The summed E-state index contributed by atoms with van der Waals surface area (Å²) in [6, 6.07) is 14.3. The average molecular weight is 376 g/mol. The first-order valence-corrected chi connectivity index (χ1v) is 8.80. The Morgan fingerprint density at radius 3 is 2.20 bits per heavy atom. The van der Waals surface area contributed by atoms with Gasteiger partial charge in [-0.1, -0.05) is 80.0 Å². The normalized spacial score (nSPS) is 14.1. The third-order valence-electron chi connectivity index (χ3n) is 3.83. The first-order valence-electron chi connectivity index (χ1n) is 8.05. The largest absolute Gasteiger partial charge is 0.343 e. The Bertz CT molecular complexity index is 818. The fourth-order valence-electron chi connectivity index (χ4n) is 2.62. The van der Waals surface area contributed by atoms with E-state index in [0.717, 1.165) is 11.1 Å². The van der Waals surface area contributed by atoms with E-state index in [9.17, 15) is 4.39 Å². The summed E-state index contributed by atoms with van der Waals surface area (Å²) in [4.78, 5) is 1.77. The van der Waals surface area contributed by atoms with Crippen molar-refractivity contribution in [3.63, 3.8) is 0 Å². The van der Waals surface area contributed by atoms with Crippen molar-refractivity contribution in [3.8, 4) is 0 Å². The molecular formula is C21H20Cl2FN. The molecule has 130 valence electrons. The van der Waals surface area contributed by atoms with Gasteiger partial charge in [0.25, 0.3) is 0 Å². The molecule has 25 heavy (non-hydrogen) atoms. The molecule has 0 fully saturated rings. The minimum atomic E-state index is -0.382. The number of likely N-dealkylation sites (N-methyl/N-ethyl adjacent to an activating group) is 1. The number of allylic oxidation sites excluding steroid dienone is 3. The molecule has 0 atom stereocenters. The maximum Gasteiger partial charge on any atom is 0.134 e. The molecule has 0 aliphatic carbocycles. The Labute approximate surface area is 158 Å². The second-order valence-electron chi connectivity index (χ2n) is 5.22. The lowest BCUT2D eigenvalue weighted by atomic mass is 9.95. The Morgan fingerprint density at radius 2 is 1.60 bits per heavy atom. The van der Waals surface area contributed by atoms with Crippen LogP contribution in [0.5, 0.6) is 0 Å². The summed E-state index contributed by atoms with van der Waals surface area (Å²) >= 11 is 12.6. The van der Waals surface area contributed by atoms with Gasteiger partial charge < -0.3 is 4.90 Å². The van der Waals surface area contributed by atoms with E-state index in [1.165, 1.54) is 6.07 Å². The number of nitrogens with zero attached hydrogens (tertiary/aromatic N) is 1. The van der Waals surface area contributed by atoms with Gasteiger partial charge in [0.15, 0.2) is 0 Å². The molecule has 0 radical (unpaired) electrons. The van der Waals surface area contributed by atoms with E-state index in [1.807, 2.05) is 44.2 Å². The summed E-state index contributed by atoms with van der Waals surface area (Å²) in [7, 11) is 1.80. The molecule has 0 bridgehead atoms. The Kier molecular flexibility index (Phi) is 6.46. The van der Waals surface area contributed by atoms with Crippen LogP contribution in [0.25, 0.3) is 11.3 Å². The number of halogens is 3. The average Bonchev–Trinajstić information content (AvgIpc) is 2.63. The van der Waals surface area contributed by atoms with E-state index < -0.39 is 0 Å². The number of hydrogen-bond acceptors (Lipinski definition) is 1. The molecule has 0 unspecified atom stereocenters. The molecule has 0 saturated heterocycles. The van der Waals surface area contributed by atoms with E-state index in [-0.39, 0.29) is 5.82 Å². The lowest BCUT2D eigenvalue weighted by Gasteiger charge is -2.31. The van der Waals surface area contributed by atoms with Crippen molar-refractivity contribution in [2.75, 3.05) is 7.05 Å². The SMILES string of the molecule is C=C1C(Cl)=CC(c2ccccc2)=C(c2c(F)cccc2Cl)N1C.CC. The van der Waals surface area contributed by atoms with Crippen molar-refractivity contribution in [2.45, 2.75) is 13.8 Å². The van der Waals surface area contributed by atoms with Crippen LogP contribution < -0.4 is 0 Å². The Balaban J connectivity index is 0.00000109. The molecule has 0 saturated carbocycles. The summed E-state index contributed by atoms with van der Waals surface area (Å²) in [5.74, 6) is -0.382. The summed E-state index contributed by atoms with van der Waals surface area (Å²) in [6.45, 7) is 7.97. The highest BCUT2D eigenvalue weighted by atomic mass is 35.5. The van der Waals surface area contributed by atoms with E-state index in [0.29, 0.717) is 27.0 Å². The minimum Gasteiger partial charge on any atom is -0.343 e. The Morgan fingerprint density at radius 1 is 0.960 bits per heavy atom. The molecule has 2 aromatic carbocycles. The van der Waals surface area contributed by atoms with Crippen LogP contribution in [-0.2, 0) is 0 Å². The molecule has 2 aromatic rings. The molecule has 1 aliphatic rings. The first kappa shape index (κ1) is 19.3. The van der Waals surface area contributed by atoms with Crippen LogP contribution in [0.15, 0.2) is 71.9 Å². The van der Waals surface area contributed by atoms with Gasteiger partial charge in [-0.3, -0.25) is 0 Å². The van der Waals surface area contributed by atoms with Crippen molar-refractivity contribution in [1.29, 1.82) is 0 Å². The van der Waals surface area contributed by atoms with Crippen LogP contribution in [0.1, 0.15) is 25.0 Å². The topological polar surface area (TPSA) is 3.24 Å². The maximum atomic E-state index is 14.5. The van der Waals surface area contributed by atoms with Crippen LogP contribution in [0.2, 0.25) is 5.02 Å². The standard InChI is InChI=1S/C19H14Cl2FN.C2H6/c1-12-16(21)11-14(13-7-4-3-5-8-13)19(23(12)2)18-15(20)9-6-10-17(18)22;1-2/h3-11H,1H2,2H3;1-2H3. The van der Waals surface area contributed by atoms with Crippen LogP contribution in [0.3, 0.4) is 0 Å². The molecule has 1 nitrogen and oxygen atoms in total. The first-order chi connectivity index (χ1) is 12.0. The van der Waals surface area contributed by atoms with Gasteiger partial charge >= 0.3 is 0 Å². The van der Waals surface area contributed by atoms with E-state index >= 15 is 0 Å². The van der Waals surface area contributed by atoms with Gasteiger partial charge in [0.2, 0.25) is 0 Å². The summed E-state index contributed by atoms with van der Waals surface area (Å²) in [5.41, 5.74) is 3.32. The summed E-state index contributed by atoms with van der Waals surface area (Å²) < 4.78 is 14.5. The quantitative estimate of drug-likeness (QED) is 0.548. The zero-order valence-corrected chi connectivity index (χ0v) is 16.0. The monoisotopic (exact) mass is 375 g/mol. The highest BCUT2D eigenvalue weighted by Gasteiger charge is 2.26. The van der Waals surface area contributed by atoms with Gasteiger partial charge in [0.1, 0.15) is 5.82 Å². The molecule has 0 amide bonds. The highest BCUT2D eigenvalue weighted by Crippen LogP contribution is 2.42. The third kappa shape index (κ3) is 3.81. The highest BCUT2D eigenvalue weighted by molar-refractivity contribution is 6.34. The van der Waals surface area contributed by atoms with E-state index in [1.54, 1.807) is 30.2 Å². The third-order valence-corrected chi connectivity index (χ3v) is 4.47. The van der Waals surface area contributed by atoms with Crippen molar-refractivity contribution < 1.29 is 4.39 Å². The molecule has 4 heteroatoms.